The first-order chi connectivity index (χ1) is 15.4. The van der Waals surface area contributed by atoms with E-state index in [4.69, 9.17) is 9.47 Å². The van der Waals surface area contributed by atoms with Gasteiger partial charge in [0.1, 0.15) is 11.5 Å². The molecule has 32 heavy (non-hydrogen) atoms. The molecule has 0 saturated carbocycles. The maximum atomic E-state index is 12.9. The van der Waals surface area contributed by atoms with E-state index in [0.717, 1.165) is 17.9 Å². The minimum atomic E-state index is -0.206. The molecule has 0 bridgehead atoms. The lowest BCUT2D eigenvalue weighted by molar-refractivity contribution is 0.0632. The number of nitrogens with one attached hydrogen (secondary N) is 1. The fraction of sp³-hybridized carbons (Fsp3) is 0.333. The van der Waals surface area contributed by atoms with Crippen molar-refractivity contribution < 1.29 is 14.3 Å². The highest BCUT2D eigenvalue weighted by atomic mass is 16.5. The van der Waals surface area contributed by atoms with Crippen LogP contribution in [0.4, 0.5) is 5.69 Å². The molecule has 0 aliphatic heterocycles. The average Bonchev–Trinajstić information content (AvgIpc) is 2.77. The van der Waals surface area contributed by atoms with Gasteiger partial charge in [-0.25, -0.2) is 0 Å². The van der Waals surface area contributed by atoms with Gasteiger partial charge in [0.25, 0.3) is 5.91 Å². The monoisotopic (exact) mass is 432 g/mol. The Bertz CT molecular complexity index is 1060. The molecule has 2 aromatic carbocycles. The lowest BCUT2D eigenvalue weighted by Crippen LogP contribution is -2.15. The van der Waals surface area contributed by atoms with Crippen LogP contribution in [0, 0.1) is 6.92 Å². The number of carbonyl (C=O) groups is 1. The number of carbonyl (C=O) groups excluding carboxylic acids is 1. The molecule has 0 radical (unpaired) electrons. The minimum absolute atomic E-state index is 0.103. The molecule has 0 aliphatic carbocycles. The zero-order valence-electron chi connectivity index (χ0n) is 19.5. The minimum Gasteiger partial charge on any atom is -0.457 e. The lowest BCUT2D eigenvalue weighted by atomic mass is 10.0. The number of rotatable bonds is 9. The van der Waals surface area contributed by atoms with E-state index in [0.29, 0.717) is 35.2 Å². The molecule has 5 nitrogen and oxygen atoms in total. The van der Waals surface area contributed by atoms with Crippen molar-refractivity contribution >= 4 is 11.6 Å². The van der Waals surface area contributed by atoms with Crippen molar-refractivity contribution in [2.24, 2.45) is 0 Å². The van der Waals surface area contributed by atoms with Gasteiger partial charge in [-0.15, -0.1) is 0 Å². The van der Waals surface area contributed by atoms with Crippen molar-refractivity contribution in [1.29, 1.82) is 0 Å². The van der Waals surface area contributed by atoms with Gasteiger partial charge in [-0.05, 0) is 68.1 Å². The summed E-state index contributed by atoms with van der Waals surface area (Å²) in [6.07, 6.45) is 0.851. The van der Waals surface area contributed by atoms with E-state index < -0.39 is 0 Å². The van der Waals surface area contributed by atoms with E-state index in [2.05, 4.69) is 37.1 Å². The standard InChI is InChI=1S/C27H32N2O3/c1-6-15-31-20(5)26-14-13-25(19(4)28-26)27(30)29-22-10-8-12-24(17-22)32-23-11-7-9-21(16-23)18(2)3/h7-14,16-18,20H,6,15H2,1-5H3,(H,29,30). The van der Waals surface area contributed by atoms with Crippen LogP contribution in [0.5, 0.6) is 11.5 Å². The number of amides is 1. The largest absolute Gasteiger partial charge is 0.457 e. The van der Waals surface area contributed by atoms with E-state index in [1.807, 2.05) is 62.4 Å². The summed E-state index contributed by atoms with van der Waals surface area (Å²) in [4.78, 5) is 17.4. The van der Waals surface area contributed by atoms with Gasteiger partial charge in [0, 0.05) is 18.4 Å². The zero-order valence-corrected chi connectivity index (χ0v) is 19.5. The predicted octanol–water partition coefficient (Wildman–Crippen LogP) is 7.05. The fourth-order valence-electron chi connectivity index (χ4n) is 3.34. The molecule has 168 valence electrons. The van der Waals surface area contributed by atoms with Crippen molar-refractivity contribution in [2.45, 2.75) is 53.1 Å². The van der Waals surface area contributed by atoms with Crippen LogP contribution in [0.2, 0.25) is 0 Å². The lowest BCUT2D eigenvalue weighted by Gasteiger charge is -2.14. The molecule has 0 spiro atoms. The Hall–Kier alpha value is -3.18. The molecule has 1 amide bonds. The Kier molecular flexibility index (Phi) is 8.01. The second kappa shape index (κ2) is 10.9. The van der Waals surface area contributed by atoms with Crippen molar-refractivity contribution in [3.63, 3.8) is 0 Å². The van der Waals surface area contributed by atoms with Crippen molar-refractivity contribution in [1.82, 2.24) is 4.98 Å². The number of pyridine rings is 1. The smallest absolute Gasteiger partial charge is 0.257 e. The number of hydrogen-bond acceptors (Lipinski definition) is 4. The highest BCUT2D eigenvalue weighted by molar-refractivity contribution is 6.05. The third-order valence-corrected chi connectivity index (χ3v) is 5.19. The van der Waals surface area contributed by atoms with Gasteiger partial charge in [0.15, 0.2) is 0 Å². The summed E-state index contributed by atoms with van der Waals surface area (Å²) in [7, 11) is 0. The molecule has 1 unspecified atom stereocenters. The number of anilines is 1. The van der Waals surface area contributed by atoms with Crippen LogP contribution in [-0.4, -0.2) is 17.5 Å². The molecular formula is C27H32N2O3. The number of ether oxygens (including phenoxy) is 2. The average molecular weight is 433 g/mol. The summed E-state index contributed by atoms with van der Waals surface area (Å²) in [6.45, 7) is 10.9. The van der Waals surface area contributed by atoms with Crippen molar-refractivity contribution in [3.8, 4) is 11.5 Å². The van der Waals surface area contributed by atoms with E-state index in [-0.39, 0.29) is 12.0 Å². The molecule has 1 heterocycles. The number of aromatic nitrogens is 1. The van der Waals surface area contributed by atoms with Gasteiger partial charge < -0.3 is 14.8 Å². The molecule has 3 rings (SSSR count). The number of benzene rings is 2. The summed E-state index contributed by atoms with van der Waals surface area (Å²) in [5, 5.41) is 2.95. The quantitative estimate of drug-likeness (QED) is 0.394. The van der Waals surface area contributed by atoms with Crippen LogP contribution in [-0.2, 0) is 4.74 Å². The number of hydrogen-bond donors (Lipinski definition) is 1. The first-order valence-corrected chi connectivity index (χ1v) is 11.2. The first-order valence-electron chi connectivity index (χ1n) is 11.2. The van der Waals surface area contributed by atoms with Gasteiger partial charge in [0.05, 0.1) is 23.1 Å². The number of nitrogens with zero attached hydrogens (tertiary/aromatic N) is 1. The maximum absolute atomic E-state index is 12.9. The molecule has 5 heteroatoms. The summed E-state index contributed by atoms with van der Waals surface area (Å²) >= 11 is 0. The Morgan fingerprint density at radius 2 is 1.72 bits per heavy atom. The van der Waals surface area contributed by atoms with E-state index in [9.17, 15) is 4.79 Å². The fourth-order valence-corrected chi connectivity index (χ4v) is 3.34. The van der Waals surface area contributed by atoms with Crippen LogP contribution in [0.3, 0.4) is 0 Å². The topological polar surface area (TPSA) is 60.5 Å². The Morgan fingerprint density at radius 1 is 1.00 bits per heavy atom. The van der Waals surface area contributed by atoms with Gasteiger partial charge in [-0.3, -0.25) is 9.78 Å². The van der Waals surface area contributed by atoms with Gasteiger partial charge >= 0.3 is 0 Å². The third kappa shape index (κ3) is 6.17. The molecule has 3 aromatic rings. The Balaban J connectivity index is 1.70. The second-order valence-corrected chi connectivity index (χ2v) is 8.19. The van der Waals surface area contributed by atoms with Crippen molar-refractivity contribution in [2.75, 3.05) is 11.9 Å². The van der Waals surface area contributed by atoms with Gasteiger partial charge in [-0.2, -0.15) is 0 Å². The molecule has 0 fully saturated rings. The summed E-state index contributed by atoms with van der Waals surface area (Å²) < 4.78 is 11.8. The van der Waals surface area contributed by atoms with Gasteiger partial charge in [0.2, 0.25) is 0 Å². The van der Waals surface area contributed by atoms with Crippen LogP contribution in [0.25, 0.3) is 0 Å². The Labute approximate surface area is 190 Å². The Morgan fingerprint density at radius 3 is 2.41 bits per heavy atom. The first kappa shape index (κ1) is 23.5. The zero-order chi connectivity index (χ0) is 23.1. The highest BCUT2D eigenvalue weighted by Crippen LogP contribution is 2.27. The van der Waals surface area contributed by atoms with Crippen LogP contribution < -0.4 is 10.1 Å². The number of aryl methyl sites for hydroxylation is 1. The normalized spacial score (nSPS) is 11.9. The van der Waals surface area contributed by atoms with E-state index in [1.54, 1.807) is 6.07 Å². The maximum Gasteiger partial charge on any atom is 0.257 e. The van der Waals surface area contributed by atoms with E-state index >= 15 is 0 Å². The third-order valence-electron chi connectivity index (χ3n) is 5.19. The van der Waals surface area contributed by atoms with E-state index in [1.165, 1.54) is 5.56 Å². The molecule has 1 atom stereocenters. The molecule has 0 saturated heterocycles. The van der Waals surface area contributed by atoms with Crippen molar-refractivity contribution in [3.05, 3.63) is 83.2 Å². The van der Waals surface area contributed by atoms with Crippen LogP contribution >= 0.6 is 0 Å². The predicted molar refractivity (Wildman–Crippen MR) is 129 cm³/mol. The summed E-state index contributed by atoms with van der Waals surface area (Å²) in [5.41, 5.74) is 3.91. The van der Waals surface area contributed by atoms with Crippen LogP contribution in [0.1, 0.15) is 73.4 Å². The van der Waals surface area contributed by atoms with Gasteiger partial charge in [-0.1, -0.05) is 39.0 Å². The summed E-state index contributed by atoms with van der Waals surface area (Å²) in [5.74, 6) is 1.65. The molecular weight excluding hydrogens is 400 g/mol. The molecule has 1 aromatic heterocycles. The summed E-state index contributed by atoms with van der Waals surface area (Å²) in [6, 6.07) is 19.1. The second-order valence-electron chi connectivity index (χ2n) is 8.19. The highest BCUT2D eigenvalue weighted by Gasteiger charge is 2.14. The SMILES string of the molecule is CCCOC(C)c1ccc(C(=O)Nc2cccc(Oc3cccc(C(C)C)c3)c2)c(C)n1. The van der Waals surface area contributed by atoms with Crippen LogP contribution in [0.15, 0.2) is 60.7 Å². The molecule has 1 N–H and O–H groups in total. The molecule has 0 aliphatic rings.